The largest absolute Gasteiger partial charge is 0.296 e. The lowest BCUT2D eigenvalue weighted by atomic mass is 10.2. The van der Waals surface area contributed by atoms with Crippen LogP contribution in [0.5, 0.6) is 0 Å². The van der Waals surface area contributed by atoms with Crippen molar-refractivity contribution in [2.24, 2.45) is 0 Å². The fraction of sp³-hybridized carbons (Fsp3) is 0.143. The van der Waals surface area contributed by atoms with E-state index in [2.05, 4.69) is 50.2 Å². The van der Waals surface area contributed by atoms with Crippen LogP contribution in [0.25, 0.3) is 0 Å². The second-order valence-corrected chi connectivity index (χ2v) is 4.81. The maximum atomic E-state index is 2.12. The predicted octanol–water partition coefficient (Wildman–Crippen LogP) is 0.445. The van der Waals surface area contributed by atoms with Crippen LogP contribution in [0.1, 0.15) is 11.1 Å². The van der Waals surface area contributed by atoms with Crippen LogP contribution in [0, 0.1) is 17.4 Å². The molecule has 0 heterocycles. The molecule has 0 aliphatic rings. The molecule has 1 heteroatoms. The van der Waals surface area contributed by atoms with Crippen molar-refractivity contribution in [1.82, 2.24) is 0 Å². The van der Waals surface area contributed by atoms with Crippen molar-refractivity contribution in [3.63, 3.8) is 0 Å². The third-order valence-corrected chi connectivity index (χ3v) is 2.74. The second kappa shape index (κ2) is 6.62. The van der Waals surface area contributed by atoms with Crippen LogP contribution in [-0.2, 0) is 0 Å². The summed E-state index contributed by atoms with van der Waals surface area (Å²) < 4.78 is 1.34. The molecule has 0 fully saturated rings. The van der Waals surface area contributed by atoms with Gasteiger partial charge in [0, 0.05) is 0 Å². The van der Waals surface area contributed by atoms with Gasteiger partial charge in [0.15, 0.2) is 3.57 Å². The van der Waals surface area contributed by atoms with E-state index in [9.17, 15) is 0 Å². The molecular formula is C14H16I+. The quantitative estimate of drug-likeness (QED) is 0.620. The van der Waals surface area contributed by atoms with Gasteiger partial charge in [0.25, 0.3) is 22.6 Å². The number of benzene rings is 2. The van der Waals surface area contributed by atoms with Gasteiger partial charge in [-0.25, -0.2) is 0 Å². The monoisotopic (exact) mass is 311 g/mol. The fourth-order valence-electron chi connectivity index (χ4n) is 1.07. The summed E-state index contributed by atoms with van der Waals surface area (Å²) in [5.41, 5.74) is 2.65. The lowest BCUT2D eigenvalue weighted by Crippen LogP contribution is -3.34. The third-order valence-electron chi connectivity index (χ3n) is 1.96. The van der Waals surface area contributed by atoms with Crippen molar-refractivity contribution in [2.45, 2.75) is 13.8 Å². The molecule has 2 aromatic rings. The molecule has 0 radical (unpaired) electrons. The first kappa shape index (κ1) is 12.2. The molecule has 0 unspecified atom stereocenters. The first-order valence-electron chi connectivity index (χ1n) is 4.94. The van der Waals surface area contributed by atoms with Crippen LogP contribution >= 0.6 is 0 Å². The minimum absolute atomic E-state index is 1.32. The number of hydrogen-bond donors (Lipinski definition) is 0. The zero-order valence-corrected chi connectivity index (χ0v) is 11.4. The highest BCUT2D eigenvalue weighted by Gasteiger charge is 1.89. The van der Waals surface area contributed by atoms with E-state index >= 15 is 0 Å². The Morgan fingerprint density at radius 2 is 1.13 bits per heavy atom. The van der Waals surface area contributed by atoms with Crippen LogP contribution < -0.4 is 22.6 Å². The van der Waals surface area contributed by atoms with E-state index in [0.717, 1.165) is 0 Å². The summed E-state index contributed by atoms with van der Waals surface area (Å²) in [6, 6.07) is 18.8. The van der Waals surface area contributed by atoms with Crippen molar-refractivity contribution >= 4 is 0 Å². The first-order valence-corrected chi connectivity index (χ1v) is 6.10. The van der Waals surface area contributed by atoms with Gasteiger partial charge in [0.1, 0.15) is 0 Å². The Bertz CT molecular complexity index is 355. The van der Waals surface area contributed by atoms with Gasteiger partial charge in [-0.15, -0.1) is 0 Å². The van der Waals surface area contributed by atoms with Crippen molar-refractivity contribution in [3.8, 4) is 0 Å². The van der Waals surface area contributed by atoms with Crippen molar-refractivity contribution in [2.75, 3.05) is 0 Å². The highest BCUT2D eigenvalue weighted by molar-refractivity contribution is 5.12. The van der Waals surface area contributed by atoms with E-state index in [1.165, 1.54) is 14.7 Å². The highest BCUT2D eigenvalue weighted by Crippen LogP contribution is 1.93. The Balaban J connectivity index is 0.000000151. The molecule has 0 N–H and O–H groups in total. The van der Waals surface area contributed by atoms with Gasteiger partial charge in [-0.2, -0.15) is 0 Å². The van der Waals surface area contributed by atoms with E-state index < -0.39 is 0 Å². The molecule has 0 aliphatic carbocycles. The van der Waals surface area contributed by atoms with Gasteiger partial charge >= 0.3 is 0 Å². The lowest BCUT2D eigenvalue weighted by Gasteiger charge is -1.83. The zero-order chi connectivity index (χ0) is 11.1. The summed E-state index contributed by atoms with van der Waals surface area (Å²) in [5.74, 6) is 0. The summed E-state index contributed by atoms with van der Waals surface area (Å²) in [6.45, 7) is 4.18. The number of rotatable bonds is 0. The van der Waals surface area contributed by atoms with Gasteiger partial charge in [0.2, 0.25) is 0 Å². The SMILES string of the molecule is Cc1ccc([IH+])cc1.Cc1ccccc1. The highest BCUT2D eigenvalue weighted by atomic mass is 127. The number of halogens is 1. The maximum absolute atomic E-state index is 2.12. The molecule has 0 saturated carbocycles. The Morgan fingerprint density at radius 1 is 0.667 bits per heavy atom. The zero-order valence-electron chi connectivity index (χ0n) is 9.10. The van der Waals surface area contributed by atoms with Crippen LogP contribution in [-0.4, -0.2) is 0 Å². The van der Waals surface area contributed by atoms with E-state index in [1.807, 2.05) is 40.8 Å². The van der Waals surface area contributed by atoms with Crippen LogP contribution in [0.15, 0.2) is 54.6 Å². The Morgan fingerprint density at radius 3 is 1.47 bits per heavy atom. The van der Waals surface area contributed by atoms with Gasteiger partial charge in [-0.3, -0.25) is 0 Å². The molecule has 15 heavy (non-hydrogen) atoms. The average Bonchev–Trinajstić information content (AvgIpc) is 2.25. The second-order valence-electron chi connectivity index (χ2n) is 3.47. The smallest absolute Gasteiger partial charge is 0.0622 e. The van der Waals surface area contributed by atoms with Crippen LogP contribution in [0.3, 0.4) is 0 Å². The molecule has 0 atom stereocenters. The van der Waals surface area contributed by atoms with Crippen molar-refractivity contribution in [3.05, 3.63) is 69.3 Å². The Kier molecular flexibility index (Phi) is 5.40. The molecule has 0 aromatic heterocycles. The lowest BCUT2D eigenvalue weighted by molar-refractivity contribution is -0.328. The van der Waals surface area contributed by atoms with E-state index in [4.69, 9.17) is 0 Å². The predicted molar refractivity (Wildman–Crippen MR) is 62.5 cm³/mol. The van der Waals surface area contributed by atoms with Gasteiger partial charge in [-0.1, -0.05) is 53.6 Å². The number of hydrogen-bond acceptors (Lipinski definition) is 0. The number of aryl methyl sites for hydroxylation is 2. The topological polar surface area (TPSA) is 0 Å². The van der Waals surface area contributed by atoms with Crippen molar-refractivity contribution < 1.29 is 22.6 Å². The van der Waals surface area contributed by atoms with E-state index in [-0.39, 0.29) is 0 Å². The molecular weight excluding hydrogens is 295 g/mol. The molecule has 0 saturated heterocycles. The summed E-state index contributed by atoms with van der Waals surface area (Å²) in [5, 5.41) is 0. The average molecular weight is 311 g/mol. The normalized spacial score (nSPS) is 9.00. The standard InChI is InChI=1S/C7H8I.C7H8/c1-6-2-4-7(8)5-3-6;1-7-5-3-2-4-6-7/h2-5,8H,1H3;2-6H,1H3/q+1;. The van der Waals surface area contributed by atoms with Crippen LogP contribution in [0.4, 0.5) is 0 Å². The summed E-state index contributed by atoms with van der Waals surface area (Å²) >= 11 is 2.03. The Labute approximate surface area is 105 Å². The molecule has 0 aliphatic heterocycles. The van der Waals surface area contributed by atoms with E-state index in [0.29, 0.717) is 0 Å². The van der Waals surface area contributed by atoms with Gasteiger partial charge < -0.3 is 0 Å². The molecule has 0 amide bonds. The maximum Gasteiger partial charge on any atom is 0.296 e. The van der Waals surface area contributed by atoms with Crippen LogP contribution in [0.2, 0.25) is 0 Å². The molecule has 2 aromatic carbocycles. The summed E-state index contributed by atoms with van der Waals surface area (Å²) in [6.07, 6.45) is 0. The van der Waals surface area contributed by atoms with Gasteiger partial charge in [-0.05, 0) is 26.0 Å². The summed E-state index contributed by atoms with van der Waals surface area (Å²) in [7, 11) is 0. The fourth-order valence-corrected chi connectivity index (χ4v) is 1.46. The molecule has 78 valence electrons. The van der Waals surface area contributed by atoms with E-state index in [1.54, 1.807) is 0 Å². The Hall–Kier alpha value is -0.830. The minimum atomic E-state index is 1.32. The summed E-state index contributed by atoms with van der Waals surface area (Å²) in [4.78, 5) is 0. The molecule has 2 rings (SSSR count). The minimum Gasteiger partial charge on any atom is -0.0622 e. The molecule has 0 bridgehead atoms. The molecule has 0 nitrogen and oxygen atoms in total. The molecule has 0 spiro atoms. The first-order chi connectivity index (χ1) is 7.18. The third kappa shape index (κ3) is 5.57. The van der Waals surface area contributed by atoms with Gasteiger partial charge in [0.05, 0.1) is 0 Å². The van der Waals surface area contributed by atoms with Crippen molar-refractivity contribution in [1.29, 1.82) is 0 Å².